The molecule has 0 radical (unpaired) electrons. The Hall–Kier alpha value is -3.00. The number of para-hydroxylation sites is 1. The maximum atomic E-state index is 13.1. The molecule has 2 heterocycles. The Morgan fingerprint density at radius 3 is 2.62 bits per heavy atom. The molecule has 7 nitrogen and oxygen atoms in total. The molecular weight excluding hydrogens is 390 g/mol. The van der Waals surface area contributed by atoms with E-state index in [0.717, 1.165) is 11.3 Å². The van der Waals surface area contributed by atoms with Crippen molar-refractivity contribution < 1.29 is 14.3 Å². The number of aryl methyl sites for hydroxylation is 1. The monoisotopic (exact) mass is 413 g/mol. The van der Waals surface area contributed by atoms with Gasteiger partial charge in [0.25, 0.3) is 11.5 Å². The number of aromatic nitrogens is 2. The topological polar surface area (TPSA) is 90.3 Å². The number of ether oxygens (including phenoxy) is 1. The first kappa shape index (κ1) is 20.7. The molecule has 29 heavy (non-hydrogen) atoms. The molecule has 3 rings (SSSR count). The molecule has 1 atom stereocenters. The number of hydrogen-bond acceptors (Lipinski definition) is 6. The predicted octanol–water partition coefficient (Wildman–Crippen LogP) is 3.92. The maximum Gasteiger partial charge on any atom is 0.329 e. The van der Waals surface area contributed by atoms with Gasteiger partial charge in [-0.2, -0.15) is 0 Å². The summed E-state index contributed by atoms with van der Waals surface area (Å²) in [6.45, 7) is 5.75. The van der Waals surface area contributed by atoms with Crippen LogP contribution in [0.4, 0.5) is 5.69 Å². The molecule has 0 bridgehead atoms. The molecular formula is C21H23N3O4S. The van der Waals surface area contributed by atoms with Crippen molar-refractivity contribution in [2.45, 2.75) is 39.7 Å². The zero-order valence-corrected chi connectivity index (χ0v) is 17.4. The Morgan fingerprint density at radius 2 is 1.97 bits per heavy atom. The van der Waals surface area contributed by atoms with Crippen molar-refractivity contribution in [2.75, 3.05) is 11.9 Å². The fourth-order valence-electron chi connectivity index (χ4n) is 3.06. The molecule has 0 aliphatic heterocycles. The van der Waals surface area contributed by atoms with Gasteiger partial charge in [-0.15, -0.1) is 11.3 Å². The van der Waals surface area contributed by atoms with Crippen LogP contribution in [0, 0.1) is 6.92 Å². The fraction of sp³-hybridized carbons (Fsp3) is 0.333. The third-order valence-corrected chi connectivity index (χ3v) is 5.76. The van der Waals surface area contributed by atoms with Crippen LogP contribution in [0.25, 0.3) is 10.2 Å². The molecule has 0 aliphatic carbocycles. The van der Waals surface area contributed by atoms with Gasteiger partial charge in [0.05, 0.1) is 23.2 Å². The minimum atomic E-state index is -0.744. The maximum absolute atomic E-state index is 13.1. The summed E-state index contributed by atoms with van der Waals surface area (Å²) >= 11 is 1.16. The van der Waals surface area contributed by atoms with Crippen molar-refractivity contribution in [1.29, 1.82) is 0 Å². The van der Waals surface area contributed by atoms with E-state index in [2.05, 4.69) is 10.3 Å². The van der Waals surface area contributed by atoms with Crippen LogP contribution < -0.4 is 10.9 Å². The second-order valence-electron chi connectivity index (χ2n) is 6.61. The van der Waals surface area contributed by atoms with E-state index >= 15 is 0 Å². The first-order chi connectivity index (χ1) is 14.0. The summed E-state index contributed by atoms with van der Waals surface area (Å²) in [5.74, 6) is -0.746. The van der Waals surface area contributed by atoms with Crippen LogP contribution in [0.2, 0.25) is 0 Å². The van der Waals surface area contributed by atoms with Crippen molar-refractivity contribution in [3.05, 3.63) is 57.5 Å². The molecule has 1 unspecified atom stereocenters. The Bertz CT molecular complexity index is 1090. The summed E-state index contributed by atoms with van der Waals surface area (Å²) in [7, 11) is 0. The zero-order chi connectivity index (χ0) is 21.0. The number of nitrogens with one attached hydrogen (secondary N) is 1. The van der Waals surface area contributed by atoms with E-state index in [1.807, 2.05) is 32.0 Å². The van der Waals surface area contributed by atoms with E-state index < -0.39 is 12.0 Å². The highest BCUT2D eigenvalue weighted by Crippen LogP contribution is 2.28. The Morgan fingerprint density at radius 1 is 1.24 bits per heavy atom. The van der Waals surface area contributed by atoms with Gasteiger partial charge < -0.3 is 10.1 Å². The molecule has 0 fully saturated rings. The molecule has 3 aromatic rings. The lowest BCUT2D eigenvalue weighted by Crippen LogP contribution is -2.31. The molecule has 152 valence electrons. The number of amides is 1. The summed E-state index contributed by atoms with van der Waals surface area (Å²) in [6.07, 6.45) is 2.47. The van der Waals surface area contributed by atoms with Gasteiger partial charge >= 0.3 is 5.97 Å². The highest BCUT2D eigenvalue weighted by Gasteiger charge is 2.25. The summed E-state index contributed by atoms with van der Waals surface area (Å²) in [5.41, 5.74) is 0.884. The molecule has 8 heteroatoms. The van der Waals surface area contributed by atoms with Gasteiger partial charge in [0.2, 0.25) is 0 Å². The standard InChI is InChI=1S/C21H23N3O4S/c1-4-11-28-21(27)15(5-2)24-12-22-19-16(20(24)26)13(3)17(29-19)18(25)23-14-9-7-6-8-10-14/h6-10,12,15H,4-5,11H2,1-3H3,(H,23,25). The molecule has 0 aliphatic rings. The summed E-state index contributed by atoms with van der Waals surface area (Å²) in [4.78, 5) is 43.4. The van der Waals surface area contributed by atoms with Crippen molar-refractivity contribution >= 4 is 39.1 Å². The Kier molecular flexibility index (Phi) is 6.43. The summed E-state index contributed by atoms with van der Waals surface area (Å²) in [6, 6.07) is 8.36. The van der Waals surface area contributed by atoms with Crippen LogP contribution in [0.5, 0.6) is 0 Å². The number of nitrogens with zero attached hydrogens (tertiary/aromatic N) is 2. The number of anilines is 1. The van der Waals surface area contributed by atoms with Crippen LogP contribution in [-0.4, -0.2) is 28.0 Å². The molecule has 1 aromatic carbocycles. The number of thiophene rings is 1. The van der Waals surface area contributed by atoms with E-state index in [9.17, 15) is 14.4 Å². The first-order valence-electron chi connectivity index (χ1n) is 9.51. The van der Waals surface area contributed by atoms with Gasteiger partial charge in [-0.05, 0) is 37.5 Å². The van der Waals surface area contributed by atoms with Gasteiger partial charge in [0.15, 0.2) is 0 Å². The number of rotatable bonds is 7. The Balaban J connectivity index is 1.98. The molecule has 1 N–H and O–H groups in total. The normalized spacial score (nSPS) is 12.0. The first-order valence-corrected chi connectivity index (χ1v) is 10.3. The molecule has 0 spiro atoms. The van der Waals surface area contributed by atoms with Gasteiger partial charge in [-0.1, -0.05) is 32.0 Å². The van der Waals surface area contributed by atoms with E-state index in [1.165, 1.54) is 10.9 Å². The van der Waals surface area contributed by atoms with Crippen molar-refractivity contribution in [3.63, 3.8) is 0 Å². The van der Waals surface area contributed by atoms with Crippen molar-refractivity contribution in [2.24, 2.45) is 0 Å². The van der Waals surface area contributed by atoms with Gasteiger partial charge in [-0.25, -0.2) is 9.78 Å². The van der Waals surface area contributed by atoms with Gasteiger partial charge in [-0.3, -0.25) is 14.2 Å². The van der Waals surface area contributed by atoms with E-state index in [-0.39, 0.29) is 11.5 Å². The zero-order valence-electron chi connectivity index (χ0n) is 16.6. The molecule has 0 saturated carbocycles. The Labute approximate surface area is 172 Å². The van der Waals surface area contributed by atoms with Gasteiger partial charge in [0.1, 0.15) is 10.9 Å². The molecule has 1 amide bonds. The molecule has 2 aromatic heterocycles. The van der Waals surface area contributed by atoms with E-state index in [0.29, 0.717) is 45.8 Å². The predicted molar refractivity (Wildman–Crippen MR) is 114 cm³/mol. The van der Waals surface area contributed by atoms with Crippen LogP contribution in [0.3, 0.4) is 0 Å². The van der Waals surface area contributed by atoms with E-state index in [4.69, 9.17) is 4.74 Å². The quantitative estimate of drug-likeness (QED) is 0.593. The third-order valence-electron chi connectivity index (χ3n) is 4.56. The number of hydrogen-bond donors (Lipinski definition) is 1. The number of esters is 1. The minimum absolute atomic E-state index is 0.294. The van der Waals surface area contributed by atoms with E-state index in [1.54, 1.807) is 19.1 Å². The largest absolute Gasteiger partial charge is 0.464 e. The highest BCUT2D eigenvalue weighted by atomic mass is 32.1. The number of fused-ring (bicyclic) bond motifs is 1. The smallest absolute Gasteiger partial charge is 0.329 e. The second kappa shape index (κ2) is 9.00. The number of carbonyl (C=O) groups excluding carboxylic acids is 2. The second-order valence-corrected chi connectivity index (χ2v) is 7.60. The van der Waals surface area contributed by atoms with Crippen LogP contribution in [0.15, 0.2) is 41.5 Å². The van der Waals surface area contributed by atoms with Gasteiger partial charge in [0, 0.05) is 5.69 Å². The van der Waals surface area contributed by atoms with Crippen LogP contribution in [-0.2, 0) is 9.53 Å². The van der Waals surface area contributed by atoms with Crippen LogP contribution in [0.1, 0.15) is 48.0 Å². The lowest BCUT2D eigenvalue weighted by Gasteiger charge is -2.16. The lowest BCUT2D eigenvalue weighted by molar-refractivity contribution is -0.147. The minimum Gasteiger partial charge on any atom is -0.464 e. The lowest BCUT2D eigenvalue weighted by atomic mass is 10.2. The third kappa shape index (κ3) is 4.22. The SMILES string of the molecule is CCCOC(=O)C(CC)n1cnc2sc(C(=O)Nc3ccccc3)c(C)c2c1=O. The summed E-state index contributed by atoms with van der Waals surface area (Å²) in [5, 5.41) is 3.19. The van der Waals surface area contributed by atoms with Crippen LogP contribution >= 0.6 is 11.3 Å². The van der Waals surface area contributed by atoms with Crippen molar-refractivity contribution in [3.8, 4) is 0 Å². The molecule has 0 saturated heterocycles. The number of benzene rings is 1. The number of carbonyl (C=O) groups is 2. The average Bonchev–Trinajstić information content (AvgIpc) is 3.06. The highest BCUT2D eigenvalue weighted by molar-refractivity contribution is 7.20. The van der Waals surface area contributed by atoms with Crippen molar-refractivity contribution in [1.82, 2.24) is 9.55 Å². The average molecular weight is 413 g/mol. The summed E-state index contributed by atoms with van der Waals surface area (Å²) < 4.78 is 6.52. The fourth-order valence-corrected chi connectivity index (χ4v) is 4.10.